The molecule has 0 bridgehead atoms. The van der Waals surface area contributed by atoms with Crippen molar-refractivity contribution in [2.45, 2.75) is 6.42 Å². The number of rotatable bonds is 4. The van der Waals surface area contributed by atoms with Gasteiger partial charge in [-0.05, 0) is 29.8 Å². The van der Waals surface area contributed by atoms with Crippen LogP contribution in [-0.2, 0) is 11.2 Å². The topological polar surface area (TPSA) is 116 Å². The van der Waals surface area contributed by atoms with Crippen LogP contribution in [0.4, 0.5) is 0 Å². The minimum absolute atomic E-state index is 0.00339. The summed E-state index contributed by atoms with van der Waals surface area (Å²) in [5.41, 5.74) is 3.09. The summed E-state index contributed by atoms with van der Waals surface area (Å²) in [6.07, 6.45) is 1.47. The molecule has 2 rings (SSSR count). The van der Waals surface area contributed by atoms with Gasteiger partial charge in [-0.3, -0.25) is 4.79 Å². The van der Waals surface area contributed by atoms with Gasteiger partial charge >= 0.3 is 0 Å². The maximum atomic E-state index is 11.4. The van der Waals surface area contributed by atoms with Crippen molar-refractivity contribution in [2.75, 3.05) is 0 Å². The molecule has 0 aliphatic carbocycles. The number of aromatic nitrogens is 4. The van der Waals surface area contributed by atoms with Crippen molar-refractivity contribution >= 4 is 12.1 Å². The van der Waals surface area contributed by atoms with Gasteiger partial charge in [-0.15, -0.1) is 10.2 Å². The van der Waals surface area contributed by atoms with E-state index < -0.39 is 0 Å². The van der Waals surface area contributed by atoms with E-state index in [2.05, 4.69) is 31.2 Å². The SMILES string of the molecule is O=C(Cc1nn[nH]n1)NN=Cc1ccc(O)cc1. The van der Waals surface area contributed by atoms with E-state index in [1.807, 2.05) is 0 Å². The Labute approximate surface area is 102 Å². The van der Waals surface area contributed by atoms with Gasteiger partial charge in [0.25, 0.3) is 0 Å². The lowest BCUT2D eigenvalue weighted by Crippen LogP contribution is -2.20. The molecule has 0 radical (unpaired) electrons. The van der Waals surface area contributed by atoms with Gasteiger partial charge in [0.2, 0.25) is 5.91 Å². The summed E-state index contributed by atoms with van der Waals surface area (Å²) in [5, 5.41) is 25.7. The summed E-state index contributed by atoms with van der Waals surface area (Å²) in [6.45, 7) is 0. The first kappa shape index (κ1) is 11.7. The number of carbonyl (C=O) groups is 1. The molecule has 8 heteroatoms. The average molecular weight is 246 g/mol. The molecule has 2 aromatic rings. The van der Waals surface area contributed by atoms with Crippen LogP contribution in [0, 0.1) is 0 Å². The van der Waals surface area contributed by atoms with Crippen molar-refractivity contribution in [3.8, 4) is 5.75 Å². The van der Waals surface area contributed by atoms with Crippen molar-refractivity contribution in [3.63, 3.8) is 0 Å². The number of carbonyl (C=O) groups excluding carboxylic acids is 1. The number of benzene rings is 1. The quantitative estimate of drug-likeness (QED) is 0.501. The minimum atomic E-state index is -0.341. The van der Waals surface area contributed by atoms with Gasteiger partial charge < -0.3 is 5.11 Å². The zero-order chi connectivity index (χ0) is 12.8. The molecular formula is C10H10N6O2. The summed E-state index contributed by atoms with van der Waals surface area (Å²) >= 11 is 0. The highest BCUT2D eigenvalue weighted by molar-refractivity contribution is 5.83. The van der Waals surface area contributed by atoms with Crippen LogP contribution in [0.15, 0.2) is 29.4 Å². The van der Waals surface area contributed by atoms with Crippen LogP contribution < -0.4 is 5.43 Å². The molecule has 0 atom stereocenters. The standard InChI is InChI=1S/C10H10N6O2/c17-8-3-1-7(2-4-8)6-11-14-10(18)5-9-12-15-16-13-9/h1-4,6,17H,5H2,(H,14,18)(H,12,13,15,16). The van der Waals surface area contributed by atoms with Crippen LogP contribution in [0.3, 0.4) is 0 Å². The molecule has 0 aliphatic heterocycles. The van der Waals surface area contributed by atoms with Crippen LogP contribution in [0.1, 0.15) is 11.4 Å². The number of aromatic amines is 1. The number of tetrazole rings is 1. The third-order valence-corrected chi connectivity index (χ3v) is 2.00. The second kappa shape index (κ2) is 5.53. The Morgan fingerprint density at radius 3 is 2.89 bits per heavy atom. The number of phenolic OH excluding ortho intramolecular Hbond substituents is 1. The smallest absolute Gasteiger partial charge is 0.247 e. The molecule has 0 unspecified atom stereocenters. The maximum Gasteiger partial charge on any atom is 0.247 e. The predicted octanol–water partition coefficient (Wildman–Crippen LogP) is -0.402. The lowest BCUT2D eigenvalue weighted by molar-refractivity contribution is -0.120. The van der Waals surface area contributed by atoms with Gasteiger partial charge in [0, 0.05) is 0 Å². The summed E-state index contributed by atoms with van der Waals surface area (Å²) in [7, 11) is 0. The normalized spacial score (nSPS) is 10.7. The van der Waals surface area contributed by atoms with Gasteiger partial charge in [-0.1, -0.05) is 5.21 Å². The van der Waals surface area contributed by atoms with E-state index in [-0.39, 0.29) is 18.1 Å². The molecule has 8 nitrogen and oxygen atoms in total. The molecule has 18 heavy (non-hydrogen) atoms. The summed E-state index contributed by atoms with van der Waals surface area (Å²) in [5.74, 6) is 0.132. The summed E-state index contributed by atoms with van der Waals surface area (Å²) < 4.78 is 0. The van der Waals surface area contributed by atoms with Crippen molar-refractivity contribution in [3.05, 3.63) is 35.7 Å². The zero-order valence-electron chi connectivity index (χ0n) is 9.24. The number of amides is 1. The lowest BCUT2D eigenvalue weighted by Gasteiger charge is -1.96. The largest absolute Gasteiger partial charge is 0.508 e. The number of nitrogens with one attached hydrogen (secondary N) is 2. The first-order valence-electron chi connectivity index (χ1n) is 5.07. The third kappa shape index (κ3) is 3.37. The first-order chi connectivity index (χ1) is 8.74. The van der Waals surface area contributed by atoms with E-state index in [9.17, 15) is 4.79 Å². The Kier molecular flexibility index (Phi) is 3.59. The number of aromatic hydroxyl groups is 1. The lowest BCUT2D eigenvalue weighted by atomic mass is 10.2. The Morgan fingerprint density at radius 2 is 2.22 bits per heavy atom. The van der Waals surface area contributed by atoms with E-state index in [4.69, 9.17) is 5.11 Å². The van der Waals surface area contributed by atoms with Crippen LogP contribution in [0.25, 0.3) is 0 Å². The summed E-state index contributed by atoms with van der Waals surface area (Å²) in [6, 6.07) is 6.40. The second-order valence-electron chi connectivity index (χ2n) is 3.39. The van der Waals surface area contributed by atoms with Crippen molar-refractivity contribution in [1.82, 2.24) is 26.0 Å². The van der Waals surface area contributed by atoms with Crippen LogP contribution in [-0.4, -0.2) is 37.9 Å². The summed E-state index contributed by atoms with van der Waals surface area (Å²) in [4.78, 5) is 11.4. The van der Waals surface area contributed by atoms with E-state index in [0.717, 1.165) is 5.56 Å². The number of hydrogen-bond donors (Lipinski definition) is 3. The van der Waals surface area contributed by atoms with E-state index in [1.54, 1.807) is 12.1 Å². The van der Waals surface area contributed by atoms with Crippen molar-refractivity contribution in [1.29, 1.82) is 0 Å². The first-order valence-corrected chi connectivity index (χ1v) is 5.07. The fraction of sp³-hybridized carbons (Fsp3) is 0.100. The molecule has 0 aliphatic rings. The monoisotopic (exact) mass is 246 g/mol. The molecule has 3 N–H and O–H groups in total. The fourth-order valence-electron chi connectivity index (χ4n) is 1.18. The molecule has 0 fully saturated rings. The molecule has 1 heterocycles. The molecule has 1 aromatic heterocycles. The van der Waals surface area contributed by atoms with Crippen molar-refractivity contribution < 1.29 is 9.90 Å². The molecule has 0 saturated heterocycles. The van der Waals surface area contributed by atoms with Gasteiger partial charge in [-0.2, -0.15) is 10.3 Å². The highest BCUT2D eigenvalue weighted by Crippen LogP contribution is 2.07. The van der Waals surface area contributed by atoms with Gasteiger partial charge in [0.15, 0.2) is 5.82 Å². The van der Waals surface area contributed by atoms with Gasteiger partial charge in [0.1, 0.15) is 5.75 Å². The molecular weight excluding hydrogens is 236 g/mol. The van der Waals surface area contributed by atoms with Gasteiger partial charge in [-0.25, -0.2) is 5.43 Å². The zero-order valence-corrected chi connectivity index (χ0v) is 9.24. The molecule has 0 spiro atoms. The van der Waals surface area contributed by atoms with Gasteiger partial charge in [0.05, 0.1) is 12.6 Å². The van der Waals surface area contributed by atoms with E-state index in [1.165, 1.54) is 18.3 Å². The Balaban J connectivity index is 1.84. The van der Waals surface area contributed by atoms with Crippen LogP contribution >= 0.6 is 0 Å². The molecule has 1 aromatic carbocycles. The fourth-order valence-corrected chi connectivity index (χ4v) is 1.18. The number of hydrazone groups is 1. The molecule has 1 amide bonds. The highest BCUT2D eigenvalue weighted by Gasteiger charge is 2.05. The predicted molar refractivity (Wildman–Crippen MR) is 61.7 cm³/mol. The number of H-pyrrole nitrogens is 1. The van der Waals surface area contributed by atoms with Crippen LogP contribution in [0.5, 0.6) is 5.75 Å². The Morgan fingerprint density at radius 1 is 1.44 bits per heavy atom. The van der Waals surface area contributed by atoms with Crippen LogP contribution in [0.2, 0.25) is 0 Å². The van der Waals surface area contributed by atoms with Crippen molar-refractivity contribution in [2.24, 2.45) is 5.10 Å². The number of hydrogen-bond acceptors (Lipinski definition) is 6. The highest BCUT2D eigenvalue weighted by atomic mass is 16.3. The van der Waals surface area contributed by atoms with E-state index in [0.29, 0.717) is 5.82 Å². The third-order valence-electron chi connectivity index (χ3n) is 2.00. The second-order valence-corrected chi connectivity index (χ2v) is 3.39. The average Bonchev–Trinajstić information content (AvgIpc) is 2.84. The van der Waals surface area contributed by atoms with E-state index >= 15 is 0 Å². The maximum absolute atomic E-state index is 11.4. The number of phenols is 1. The molecule has 92 valence electrons. The minimum Gasteiger partial charge on any atom is -0.508 e. The molecule has 0 saturated carbocycles. The number of nitrogens with zero attached hydrogens (tertiary/aromatic N) is 4. The Bertz CT molecular complexity index is 534. The Hall–Kier alpha value is -2.77.